The van der Waals surface area contributed by atoms with Crippen molar-refractivity contribution in [2.75, 3.05) is 0 Å². The molecule has 0 aliphatic rings. The summed E-state index contributed by atoms with van der Waals surface area (Å²) in [4.78, 5) is 4.52. The number of imidazole rings is 1. The standard InChI is InChI=1S/C10H18N2/c1-6-12-7-9(10(3,4)5)11-8(12)2/h7H,6H2,1-5H3. The van der Waals surface area contributed by atoms with Crippen LogP contribution in [0.5, 0.6) is 0 Å². The quantitative estimate of drug-likeness (QED) is 0.626. The Bertz CT molecular complexity index is 266. The molecule has 0 aliphatic carbocycles. The van der Waals surface area contributed by atoms with E-state index in [9.17, 15) is 0 Å². The lowest BCUT2D eigenvalue weighted by atomic mass is 9.93. The van der Waals surface area contributed by atoms with Crippen molar-refractivity contribution in [2.24, 2.45) is 0 Å². The van der Waals surface area contributed by atoms with E-state index in [1.807, 2.05) is 0 Å². The van der Waals surface area contributed by atoms with Crippen LogP contribution in [0.1, 0.15) is 39.2 Å². The van der Waals surface area contributed by atoms with Gasteiger partial charge < -0.3 is 4.57 Å². The van der Waals surface area contributed by atoms with Crippen LogP contribution >= 0.6 is 0 Å². The molecule has 2 nitrogen and oxygen atoms in total. The van der Waals surface area contributed by atoms with Gasteiger partial charge in [-0.05, 0) is 13.8 Å². The Kier molecular flexibility index (Phi) is 2.27. The van der Waals surface area contributed by atoms with Crippen molar-refractivity contribution in [1.29, 1.82) is 0 Å². The zero-order chi connectivity index (χ0) is 9.35. The predicted molar refractivity (Wildman–Crippen MR) is 51.3 cm³/mol. The minimum Gasteiger partial charge on any atom is -0.335 e. The van der Waals surface area contributed by atoms with Crippen molar-refractivity contribution < 1.29 is 0 Å². The fourth-order valence-corrected chi connectivity index (χ4v) is 1.19. The average Bonchev–Trinajstić information content (AvgIpc) is 2.29. The van der Waals surface area contributed by atoms with Gasteiger partial charge in [-0.25, -0.2) is 4.98 Å². The fourth-order valence-electron chi connectivity index (χ4n) is 1.19. The molecule has 1 rings (SSSR count). The summed E-state index contributed by atoms with van der Waals surface area (Å²) in [7, 11) is 0. The maximum absolute atomic E-state index is 4.52. The van der Waals surface area contributed by atoms with E-state index in [0.29, 0.717) is 0 Å². The molecule has 68 valence electrons. The van der Waals surface area contributed by atoms with E-state index in [1.54, 1.807) is 0 Å². The van der Waals surface area contributed by atoms with E-state index in [-0.39, 0.29) is 5.41 Å². The molecule has 12 heavy (non-hydrogen) atoms. The summed E-state index contributed by atoms with van der Waals surface area (Å²) < 4.78 is 2.18. The van der Waals surface area contributed by atoms with Crippen LogP contribution in [0, 0.1) is 6.92 Å². The van der Waals surface area contributed by atoms with Crippen LogP contribution < -0.4 is 0 Å². The van der Waals surface area contributed by atoms with Gasteiger partial charge in [0.15, 0.2) is 0 Å². The minimum absolute atomic E-state index is 0.172. The van der Waals surface area contributed by atoms with Crippen LogP contribution in [0.4, 0.5) is 0 Å². The van der Waals surface area contributed by atoms with Crippen molar-refractivity contribution in [2.45, 2.75) is 46.6 Å². The van der Waals surface area contributed by atoms with Crippen LogP contribution in [0.3, 0.4) is 0 Å². The molecule has 1 aromatic heterocycles. The molecule has 0 radical (unpaired) electrons. The largest absolute Gasteiger partial charge is 0.335 e. The van der Waals surface area contributed by atoms with E-state index in [2.05, 4.69) is 50.4 Å². The monoisotopic (exact) mass is 166 g/mol. The minimum atomic E-state index is 0.172. The highest BCUT2D eigenvalue weighted by Crippen LogP contribution is 2.20. The maximum atomic E-state index is 4.52. The number of nitrogens with zero attached hydrogens (tertiary/aromatic N) is 2. The van der Waals surface area contributed by atoms with Crippen molar-refractivity contribution >= 4 is 0 Å². The molecule has 0 bridgehead atoms. The third kappa shape index (κ3) is 1.68. The van der Waals surface area contributed by atoms with Gasteiger partial charge in [-0.3, -0.25) is 0 Å². The van der Waals surface area contributed by atoms with E-state index < -0.39 is 0 Å². The van der Waals surface area contributed by atoms with Crippen LogP contribution in [0.2, 0.25) is 0 Å². The molecule has 0 fully saturated rings. The smallest absolute Gasteiger partial charge is 0.105 e. The van der Waals surface area contributed by atoms with Gasteiger partial charge in [0, 0.05) is 18.2 Å². The Morgan fingerprint density at radius 1 is 1.42 bits per heavy atom. The van der Waals surface area contributed by atoms with Gasteiger partial charge in [0.05, 0.1) is 5.69 Å². The number of aromatic nitrogens is 2. The van der Waals surface area contributed by atoms with Gasteiger partial charge in [-0.15, -0.1) is 0 Å². The van der Waals surface area contributed by atoms with Crippen LogP contribution in [0.25, 0.3) is 0 Å². The Hall–Kier alpha value is -0.790. The molecule has 0 N–H and O–H groups in total. The molecule has 0 atom stereocenters. The molecule has 1 heterocycles. The Balaban J connectivity index is 3.05. The summed E-state index contributed by atoms with van der Waals surface area (Å²) in [6, 6.07) is 0. The summed E-state index contributed by atoms with van der Waals surface area (Å²) in [6.45, 7) is 11.8. The van der Waals surface area contributed by atoms with Gasteiger partial charge in [0.1, 0.15) is 5.82 Å². The van der Waals surface area contributed by atoms with Gasteiger partial charge in [0.2, 0.25) is 0 Å². The molecule has 0 unspecified atom stereocenters. The summed E-state index contributed by atoms with van der Waals surface area (Å²) in [5, 5.41) is 0. The highest BCUT2D eigenvalue weighted by atomic mass is 15.1. The molecular weight excluding hydrogens is 148 g/mol. The number of rotatable bonds is 1. The molecular formula is C10H18N2. The van der Waals surface area contributed by atoms with Crippen LogP contribution in [-0.2, 0) is 12.0 Å². The first-order chi connectivity index (χ1) is 5.45. The predicted octanol–water partition coefficient (Wildman–Crippen LogP) is 2.51. The molecule has 0 saturated carbocycles. The molecule has 2 heteroatoms. The molecule has 0 saturated heterocycles. The van der Waals surface area contributed by atoms with Crippen molar-refractivity contribution in [1.82, 2.24) is 9.55 Å². The van der Waals surface area contributed by atoms with Crippen molar-refractivity contribution in [3.05, 3.63) is 17.7 Å². The molecule has 0 aliphatic heterocycles. The third-order valence-corrected chi connectivity index (χ3v) is 2.09. The first kappa shape index (κ1) is 9.30. The second-order valence-electron chi connectivity index (χ2n) is 4.21. The SMILES string of the molecule is CCn1cc(C(C)(C)C)nc1C. The number of aryl methyl sites for hydroxylation is 2. The van der Waals surface area contributed by atoms with Gasteiger partial charge in [-0.2, -0.15) is 0 Å². The Morgan fingerprint density at radius 2 is 2.00 bits per heavy atom. The maximum Gasteiger partial charge on any atom is 0.105 e. The topological polar surface area (TPSA) is 17.8 Å². The molecule has 1 aromatic rings. The second-order valence-corrected chi connectivity index (χ2v) is 4.21. The molecule has 0 spiro atoms. The average molecular weight is 166 g/mol. The van der Waals surface area contributed by atoms with E-state index >= 15 is 0 Å². The third-order valence-electron chi connectivity index (χ3n) is 2.09. The number of hydrogen-bond donors (Lipinski definition) is 0. The molecule has 0 amide bonds. The summed E-state index contributed by atoms with van der Waals surface area (Å²) in [5.74, 6) is 1.11. The Morgan fingerprint density at radius 3 is 2.25 bits per heavy atom. The van der Waals surface area contributed by atoms with Crippen LogP contribution in [0.15, 0.2) is 6.20 Å². The van der Waals surface area contributed by atoms with Crippen molar-refractivity contribution in [3.63, 3.8) is 0 Å². The first-order valence-electron chi connectivity index (χ1n) is 4.49. The van der Waals surface area contributed by atoms with E-state index in [4.69, 9.17) is 0 Å². The Labute approximate surface area is 74.6 Å². The first-order valence-corrected chi connectivity index (χ1v) is 4.49. The van der Waals surface area contributed by atoms with Gasteiger partial charge >= 0.3 is 0 Å². The van der Waals surface area contributed by atoms with E-state index in [1.165, 1.54) is 5.69 Å². The highest BCUT2D eigenvalue weighted by molar-refractivity contribution is 5.12. The second kappa shape index (κ2) is 2.92. The lowest BCUT2D eigenvalue weighted by Gasteiger charge is -2.13. The molecule has 0 aromatic carbocycles. The lowest BCUT2D eigenvalue weighted by molar-refractivity contribution is 0.570. The van der Waals surface area contributed by atoms with Crippen molar-refractivity contribution in [3.8, 4) is 0 Å². The summed E-state index contributed by atoms with van der Waals surface area (Å²) in [5.41, 5.74) is 1.35. The van der Waals surface area contributed by atoms with E-state index in [0.717, 1.165) is 12.4 Å². The number of hydrogen-bond acceptors (Lipinski definition) is 1. The normalized spacial score (nSPS) is 12.1. The van der Waals surface area contributed by atoms with Crippen LogP contribution in [-0.4, -0.2) is 9.55 Å². The van der Waals surface area contributed by atoms with Gasteiger partial charge in [-0.1, -0.05) is 20.8 Å². The summed E-state index contributed by atoms with van der Waals surface area (Å²) >= 11 is 0. The summed E-state index contributed by atoms with van der Waals surface area (Å²) in [6.07, 6.45) is 2.15. The highest BCUT2D eigenvalue weighted by Gasteiger charge is 2.17. The fraction of sp³-hybridized carbons (Fsp3) is 0.700. The lowest BCUT2D eigenvalue weighted by Crippen LogP contribution is -2.11. The van der Waals surface area contributed by atoms with Gasteiger partial charge in [0.25, 0.3) is 0 Å². The zero-order valence-electron chi connectivity index (χ0n) is 8.68. The zero-order valence-corrected chi connectivity index (χ0v) is 8.68.